The van der Waals surface area contributed by atoms with Crippen LogP contribution >= 0.6 is 11.8 Å². The van der Waals surface area contributed by atoms with Gasteiger partial charge in [-0.3, -0.25) is 15.2 Å². The van der Waals surface area contributed by atoms with Crippen LogP contribution in [0.5, 0.6) is 5.75 Å². The topological polar surface area (TPSA) is 127 Å². The van der Waals surface area contributed by atoms with Crippen LogP contribution in [0.3, 0.4) is 0 Å². The van der Waals surface area contributed by atoms with E-state index < -0.39 is 18.0 Å². The molecule has 0 unspecified atom stereocenters. The number of carbonyl (C=O) groups excluding carboxylic acids is 1. The number of pyridine rings is 2. The van der Waals surface area contributed by atoms with Crippen LogP contribution < -0.4 is 15.4 Å². The van der Waals surface area contributed by atoms with Gasteiger partial charge >= 0.3 is 0 Å². The van der Waals surface area contributed by atoms with Crippen LogP contribution in [-0.4, -0.2) is 59.0 Å². The molecule has 2 aromatic rings. The quantitative estimate of drug-likeness (QED) is 0.336. The molecule has 3 N–H and O–H groups in total. The van der Waals surface area contributed by atoms with Crippen molar-refractivity contribution in [2.45, 2.75) is 32.2 Å². The number of halogens is 2. The maximum atomic E-state index is 13.5. The van der Waals surface area contributed by atoms with Gasteiger partial charge in [0.1, 0.15) is 22.3 Å². The van der Waals surface area contributed by atoms with Crippen molar-refractivity contribution in [1.82, 2.24) is 9.97 Å². The number of hydrogen-bond donors (Lipinski definition) is 2. The van der Waals surface area contributed by atoms with E-state index in [1.54, 1.807) is 6.07 Å². The summed E-state index contributed by atoms with van der Waals surface area (Å²) in [7, 11) is 1.39. The Kier molecular flexibility index (Phi) is 8.35. The third kappa shape index (κ3) is 6.61. The molecule has 1 aliphatic heterocycles. The molecule has 196 valence electrons. The zero-order valence-electron chi connectivity index (χ0n) is 20.3. The molecule has 12 heteroatoms. The molecular weight excluding hydrogens is 502 g/mol. The number of amidine groups is 1. The number of ether oxygens (including phenoxy) is 2. The third-order valence-electron chi connectivity index (χ3n) is 5.79. The number of carbonyl (C=O) groups is 1. The molecule has 1 atom stereocenters. The highest BCUT2D eigenvalue weighted by molar-refractivity contribution is 8.26. The maximum Gasteiger partial charge on any atom is 0.281 e. The fraction of sp³-hybridized carbons (Fsp3) is 0.400. The Balaban J connectivity index is 0.00000400. The van der Waals surface area contributed by atoms with Crippen molar-refractivity contribution in [2.75, 3.05) is 31.8 Å². The Morgan fingerprint density at radius 1 is 1.35 bits per heavy atom. The lowest BCUT2D eigenvalue weighted by Crippen LogP contribution is -2.44. The number of nitrogens with zero attached hydrogens (tertiary/aromatic N) is 4. The number of nitrogens with one attached hydrogen (secondary N) is 1. The molecule has 1 saturated carbocycles. The van der Waals surface area contributed by atoms with Gasteiger partial charge in [-0.1, -0.05) is 5.92 Å². The summed E-state index contributed by atoms with van der Waals surface area (Å²) in [5, 5.41) is 7.76. The van der Waals surface area contributed by atoms with E-state index >= 15 is 0 Å². The average molecular weight is 531 g/mol. The highest BCUT2D eigenvalue weighted by Crippen LogP contribution is 2.36. The van der Waals surface area contributed by atoms with Gasteiger partial charge in [-0.15, -0.1) is 0 Å². The standard InChI is InChI=1S/C25H26F2N6O3S.H2/c1-14-13-36-8-7-33(14)22-10-16(17-9-19(23(26)27)30-12-20(17)35-2)18(11-31-22)24(34)32-25(29)37-21(28)6-5-15-3-4-15;/h9-12,14-15,23,28H,3-4,7-8,13H2,1-2H3,(H2,29,32,34);1H/t14-;/m1./s1. The van der Waals surface area contributed by atoms with E-state index in [2.05, 4.69) is 26.8 Å². The Hall–Kier alpha value is -3.56. The monoisotopic (exact) mass is 530 g/mol. The second-order valence-corrected chi connectivity index (χ2v) is 9.58. The second kappa shape index (κ2) is 11.7. The van der Waals surface area contributed by atoms with Crippen LogP contribution in [-0.2, 0) is 4.74 Å². The minimum Gasteiger partial charge on any atom is -0.494 e. The smallest absolute Gasteiger partial charge is 0.281 e. The zero-order valence-corrected chi connectivity index (χ0v) is 21.1. The molecule has 0 aromatic carbocycles. The number of aromatic nitrogens is 2. The number of hydrogen-bond acceptors (Lipinski definition) is 8. The maximum absolute atomic E-state index is 13.5. The molecule has 0 radical (unpaired) electrons. The number of amides is 1. The van der Waals surface area contributed by atoms with Crippen LogP contribution in [0.1, 0.15) is 43.7 Å². The van der Waals surface area contributed by atoms with E-state index in [0.717, 1.165) is 24.6 Å². The van der Waals surface area contributed by atoms with Gasteiger partial charge in [-0.2, -0.15) is 4.99 Å². The van der Waals surface area contributed by atoms with Crippen molar-refractivity contribution in [2.24, 2.45) is 16.6 Å². The molecule has 1 amide bonds. The Labute approximate surface area is 218 Å². The van der Waals surface area contributed by atoms with Crippen LogP contribution in [0.15, 0.2) is 29.5 Å². The van der Waals surface area contributed by atoms with Crippen molar-refractivity contribution >= 4 is 33.7 Å². The van der Waals surface area contributed by atoms with Gasteiger partial charge in [0, 0.05) is 31.2 Å². The Bertz CT molecular complexity index is 1300. The van der Waals surface area contributed by atoms with E-state index in [4.69, 9.17) is 20.6 Å². The van der Waals surface area contributed by atoms with Gasteiger partial charge in [-0.05, 0) is 49.6 Å². The second-order valence-electron chi connectivity index (χ2n) is 8.55. The summed E-state index contributed by atoms with van der Waals surface area (Å²) in [4.78, 5) is 27.4. The van der Waals surface area contributed by atoms with Gasteiger partial charge < -0.3 is 20.1 Å². The molecule has 4 rings (SSSR count). The highest BCUT2D eigenvalue weighted by Gasteiger charge is 2.25. The fourth-order valence-corrected chi connectivity index (χ4v) is 4.17. The SMILES string of the molecule is COc1cnc(C(F)F)cc1-c1cc(N2CCOC[C@H]2C)ncc1C(=O)N=C(N)SC(=N)C#CC1CC1.[HH]. The third-order valence-corrected chi connectivity index (χ3v) is 6.40. The Morgan fingerprint density at radius 2 is 2.14 bits per heavy atom. The predicted molar refractivity (Wildman–Crippen MR) is 140 cm³/mol. The molecule has 2 fully saturated rings. The number of thioether (sulfide) groups is 1. The largest absolute Gasteiger partial charge is 0.494 e. The molecule has 2 aromatic heterocycles. The fourth-order valence-electron chi connectivity index (χ4n) is 3.72. The summed E-state index contributed by atoms with van der Waals surface area (Å²) >= 11 is 0.774. The normalized spacial score (nSPS) is 17.8. The van der Waals surface area contributed by atoms with Gasteiger partial charge in [-0.25, -0.2) is 13.8 Å². The van der Waals surface area contributed by atoms with E-state index in [-0.39, 0.29) is 34.6 Å². The van der Waals surface area contributed by atoms with E-state index in [9.17, 15) is 13.6 Å². The molecule has 37 heavy (non-hydrogen) atoms. The lowest BCUT2D eigenvalue weighted by atomic mass is 9.99. The van der Waals surface area contributed by atoms with Crippen molar-refractivity contribution < 1.29 is 24.5 Å². The molecule has 2 aliphatic rings. The van der Waals surface area contributed by atoms with Crippen molar-refractivity contribution in [3.63, 3.8) is 0 Å². The number of nitrogens with two attached hydrogens (primary N) is 1. The van der Waals surface area contributed by atoms with Crippen molar-refractivity contribution in [3.05, 3.63) is 35.8 Å². The molecule has 1 saturated heterocycles. The zero-order chi connectivity index (χ0) is 26.5. The first-order chi connectivity index (χ1) is 17.8. The molecule has 3 heterocycles. The first-order valence-electron chi connectivity index (χ1n) is 11.6. The lowest BCUT2D eigenvalue weighted by molar-refractivity contribution is 0.0983. The minimum absolute atomic E-state index is 0. The summed E-state index contributed by atoms with van der Waals surface area (Å²) < 4.78 is 37.9. The highest BCUT2D eigenvalue weighted by atomic mass is 32.2. The van der Waals surface area contributed by atoms with E-state index in [1.165, 1.54) is 25.6 Å². The summed E-state index contributed by atoms with van der Waals surface area (Å²) in [6.45, 7) is 3.55. The van der Waals surface area contributed by atoms with Gasteiger partial charge in [0.2, 0.25) is 0 Å². The first kappa shape index (κ1) is 26.5. The number of methoxy groups -OCH3 is 1. The first-order valence-corrected chi connectivity index (χ1v) is 12.4. The Morgan fingerprint density at radius 3 is 2.81 bits per heavy atom. The number of morpholine rings is 1. The molecule has 1 aliphatic carbocycles. The van der Waals surface area contributed by atoms with E-state index in [0.29, 0.717) is 37.1 Å². The van der Waals surface area contributed by atoms with Gasteiger partial charge in [0.05, 0.1) is 38.1 Å². The number of alkyl halides is 2. The van der Waals surface area contributed by atoms with Crippen molar-refractivity contribution in [3.8, 4) is 28.7 Å². The van der Waals surface area contributed by atoms with Gasteiger partial charge in [0.15, 0.2) is 5.17 Å². The number of anilines is 1. The summed E-state index contributed by atoms with van der Waals surface area (Å²) in [5.41, 5.74) is 6.02. The van der Waals surface area contributed by atoms with Crippen molar-refractivity contribution in [1.29, 1.82) is 5.41 Å². The minimum atomic E-state index is -2.82. The summed E-state index contributed by atoms with van der Waals surface area (Å²) in [5.74, 6) is 5.98. The predicted octanol–water partition coefficient (Wildman–Crippen LogP) is 4.14. The molecule has 0 spiro atoms. The summed E-state index contributed by atoms with van der Waals surface area (Å²) in [6, 6.07) is 2.84. The van der Waals surface area contributed by atoms with Crippen LogP contribution in [0.25, 0.3) is 11.1 Å². The molecule has 0 bridgehead atoms. The van der Waals surface area contributed by atoms with Crippen LogP contribution in [0.2, 0.25) is 0 Å². The molecule has 9 nitrogen and oxygen atoms in total. The van der Waals surface area contributed by atoms with E-state index in [1.807, 2.05) is 11.8 Å². The van der Waals surface area contributed by atoms with Gasteiger partial charge in [0.25, 0.3) is 12.3 Å². The van der Waals surface area contributed by atoms with Crippen LogP contribution in [0, 0.1) is 23.2 Å². The number of rotatable bonds is 5. The van der Waals surface area contributed by atoms with Crippen LogP contribution in [0.4, 0.5) is 14.6 Å². The lowest BCUT2D eigenvalue weighted by Gasteiger charge is -2.34. The molecular formula is C25H28F2N6O3S. The average Bonchev–Trinajstić information content (AvgIpc) is 3.71. The number of aliphatic imine (C=N–C) groups is 1. The summed E-state index contributed by atoms with van der Waals surface area (Å²) in [6.07, 6.45) is 1.76.